The molecule has 1 aromatic rings. The molecule has 17 heavy (non-hydrogen) atoms. The molecule has 1 unspecified atom stereocenters. The van der Waals surface area contributed by atoms with Crippen LogP contribution in [0.1, 0.15) is 24.6 Å². The van der Waals surface area contributed by atoms with Gasteiger partial charge in [0.05, 0.1) is 22.4 Å². The lowest BCUT2D eigenvalue weighted by Crippen LogP contribution is -2.48. The highest BCUT2D eigenvalue weighted by Gasteiger charge is 2.43. The normalized spacial score (nSPS) is 21.4. The van der Waals surface area contributed by atoms with E-state index < -0.39 is 0 Å². The minimum Gasteiger partial charge on any atom is -0.466 e. The average molecular weight is 304 g/mol. The van der Waals surface area contributed by atoms with Crippen molar-refractivity contribution in [2.75, 3.05) is 27.4 Å². The van der Waals surface area contributed by atoms with Crippen LogP contribution in [-0.2, 0) is 9.47 Å². The standard InChI is InChI=1S/C12H18BrNO3/c1-14-11(10-9(13)3-6-17-10)12(15-2)4-7-16-8-5-12/h3,6,11,14H,4-5,7-8H2,1-2H3. The lowest BCUT2D eigenvalue weighted by molar-refractivity contribution is -0.113. The number of likely N-dealkylation sites (N-methyl/N-ethyl adjacent to an activating group) is 1. The fourth-order valence-corrected chi connectivity index (χ4v) is 2.90. The molecule has 1 aliphatic rings. The second kappa shape index (κ2) is 5.52. The minimum atomic E-state index is -0.257. The van der Waals surface area contributed by atoms with E-state index in [9.17, 15) is 0 Å². The van der Waals surface area contributed by atoms with Crippen LogP contribution >= 0.6 is 15.9 Å². The molecule has 0 aromatic carbocycles. The van der Waals surface area contributed by atoms with Crippen LogP contribution in [0.25, 0.3) is 0 Å². The molecule has 1 aromatic heterocycles. The summed E-state index contributed by atoms with van der Waals surface area (Å²) in [7, 11) is 3.68. The second-order valence-corrected chi connectivity index (χ2v) is 5.09. The number of hydrogen-bond acceptors (Lipinski definition) is 4. The summed E-state index contributed by atoms with van der Waals surface area (Å²) in [5.74, 6) is 0.885. The number of furan rings is 1. The van der Waals surface area contributed by atoms with Crippen molar-refractivity contribution in [1.29, 1.82) is 0 Å². The third-order valence-corrected chi connectivity index (χ3v) is 4.12. The summed E-state index contributed by atoms with van der Waals surface area (Å²) >= 11 is 3.51. The Hall–Kier alpha value is -0.360. The first-order valence-electron chi connectivity index (χ1n) is 5.76. The zero-order valence-corrected chi connectivity index (χ0v) is 11.7. The van der Waals surface area contributed by atoms with Crippen LogP contribution in [0.2, 0.25) is 0 Å². The molecule has 0 bridgehead atoms. The SMILES string of the molecule is CNC(c1occc1Br)C1(OC)CCOCC1. The molecule has 2 rings (SSSR count). The lowest BCUT2D eigenvalue weighted by atomic mass is 9.84. The molecule has 1 atom stereocenters. The van der Waals surface area contributed by atoms with E-state index in [0.717, 1.165) is 36.3 Å². The summed E-state index contributed by atoms with van der Waals surface area (Å²) in [6, 6.07) is 1.93. The van der Waals surface area contributed by atoms with Gasteiger partial charge in [0, 0.05) is 33.2 Å². The Labute approximate surface area is 110 Å². The van der Waals surface area contributed by atoms with Gasteiger partial charge >= 0.3 is 0 Å². The molecule has 1 saturated heterocycles. The van der Waals surface area contributed by atoms with Gasteiger partial charge in [0.25, 0.3) is 0 Å². The summed E-state index contributed by atoms with van der Waals surface area (Å²) in [6.45, 7) is 1.45. The highest BCUT2D eigenvalue weighted by atomic mass is 79.9. The maximum absolute atomic E-state index is 5.79. The van der Waals surface area contributed by atoms with Gasteiger partial charge in [-0.3, -0.25) is 0 Å². The fraction of sp³-hybridized carbons (Fsp3) is 0.667. The molecule has 1 N–H and O–H groups in total. The Morgan fingerprint density at radius 2 is 2.18 bits per heavy atom. The zero-order valence-electron chi connectivity index (χ0n) is 10.2. The molecular formula is C12H18BrNO3. The molecule has 0 radical (unpaired) electrons. The van der Waals surface area contributed by atoms with Gasteiger partial charge in [-0.05, 0) is 29.0 Å². The largest absolute Gasteiger partial charge is 0.466 e. The summed E-state index contributed by atoms with van der Waals surface area (Å²) in [5, 5.41) is 3.30. The first kappa shape index (κ1) is 13.1. The Balaban J connectivity index is 2.29. The molecule has 0 spiro atoms. The van der Waals surface area contributed by atoms with Gasteiger partial charge in [0.1, 0.15) is 5.76 Å². The van der Waals surface area contributed by atoms with Crippen LogP contribution in [0.15, 0.2) is 21.2 Å². The maximum Gasteiger partial charge on any atom is 0.137 e. The summed E-state index contributed by atoms with van der Waals surface area (Å²) in [5.41, 5.74) is -0.257. The van der Waals surface area contributed by atoms with Gasteiger partial charge in [-0.1, -0.05) is 0 Å². The second-order valence-electron chi connectivity index (χ2n) is 4.24. The molecule has 1 aliphatic heterocycles. The predicted molar refractivity (Wildman–Crippen MR) is 68.0 cm³/mol. The zero-order chi connectivity index (χ0) is 12.3. The number of rotatable bonds is 4. The van der Waals surface area contributed by atoms with Gasteiger partial charge in [-0.2, -0.15) is 0 Å². The summed E-state index contributed by atoms with van der Waals surface area (Å²) in [4.78, 5) is 0. The molecule has 1 fully saturated rings. The van der Waals surface area contributed by atoms with E-state index in [1.165, 1.54) is 0 Å². The Morgan fingerprint density at radius 3 is 2.65 bits per heavy atom. The van der Waals surface area contributed by atoms with Crippen molar-refractivity contribution in [2.24, 2.45) is 0 Å². The van der Waals surface area contributed by atoms with Gasteiger partial charge in [-0.15, -0.1) is 0 Å². The van der Waals surface area contributed by atoms with Crippen LogP contribution < -0.4 is 5.32 Å². The summed E-state index contributed by atoms with van der Waals surface area (Å²) in [6.07, 6.45) is 3.41. The first-order chi connectivity index (χ1) is 8.23. The molecule has 0 saturated carbocycles. The third kappa shape index (κ3) is 2.42. The first-order valence-corrected chi connectivity index (χ1v) is 6.56. The predicted octanol–water partition coefficient (Wildman–Crippen LogP) is 2.50. The lowest BCUT2D eigenvalue weighted by Gasteiger charge is -2.41. The average Bonchev–Trinajstić information content (AvgIpc) is 2.78. The van der Waals surface area contributed by atoms with E-state index in [1.807, 2.05) is 13.1 Å². The van der Waals surface area contributed by atoms with Gasteiger partial charge in [0.2, 0.25) is 0 Å². The number of hydrogen-bond donors (Lipinski definition) is 1. The topological polar surface area (TPSA) is 43.6 Å². The van der Waals surface area contributed by atoms with Gasteiger partial charge < -0.3 is 19.2 Å². The summed E-state index contributed by atoms with van der Waals surface area (Å²) < 4.78 is 17.7. The van der Waals surface area contributed by atoms with Crippen LogP contribution in [-0.4, -0.2) is 33.0 Å². The van der Waals surface area contributed by atoms with E-state index in [0.29, 0.717) is 0 Å². The van der Waals surface area contributed by atoms with E-state index in [4.69, 9.17) is 13.9 Å². The van der Waals surface area contributed by atoms with Crippen molar-refractivity contribution < 1.29 is 13.9 Å². The molecule has 4 nitrogen and oxygen atoms in total. The minimum absolute atomic E-state index is 0.0285. The van der Waals surface area contributed by atoms with Crippen molar-refractivity contribution in [1.82, 2.24) is 5.32 Å². The Bertz CT molecular complexity index is 360. The van der Waals surface area contributed by atoms with Crippen LogP contribution in [0, 0.1) is 0 Å². The molecule has 2 heterocycles. The molecule has 96 valence electrons. The van der Waals surface area contributed by atoms with Crippen molar-refractivity contribution in [3.8, 4) is 0 Å². The quantitative estimate of drug-likeness (QED) is 0.928. The number of halogens is 1. The molecular weight excluding hydrogens is 286 g/mol. The molecule has 0 aliphatic carbocycles. The Morgan fingerprint density at radius 1 is 1.47 bits per heavy atom. The van der Waals surface area contributed by atoms with Crippen molar-refractivity contribution in [3.63, 3.8) is 0 Å². The molecule has 0 amide bonds. The van der Waals surface area contributed by atoms with Crippen molar-refractivity contribution >= 4 is 15.9 Å². The van der Waals surface area contributed by atoms with E-state index in [2.05, 4.69) is 21.2 Å². The van der Waals surface area contributed by atoms with Crippen molar-refractivity contribution in [3.05, 3.63) is 22.6 Å². The smallest absolute Gasteiger partial charge is 0.137 e. The third-order valence-electron chi connectivity index (χ3n) is 3.47. The number of ether oxygens (including phenoxy) is 2. The number of nitrogens with one attached hydrogen (secondary N) is 1. The fourth-order valence-electron chi connectivity index (χ4n) is 2.47. The molecule has 5 heteroatoms. The monoisotopic (exact) mass is 303 g/mol. The van der Waals surface area contributed by atoms with Crippen LogP contribution in [0.3, 0.4) is 0 Å². The van der Waals surface area contributed by atoms with Crippen LogP contribution in [0.4, 0.5) is 0 Å². The van der Waals surface area contributed by atoms with Crippen LogP contribution in [0.5, 0.6) is 0 Å². The number of methoxy groups -OCH3 is 1. The van der Waals surface area contributed by atoms with Gasteiger partial charge in [0.15, 0.2) is 0 Å². The van der Waals surface area contributed by atoms with Gasteiger partial charge in [-0.25, -0.2) is 0 Å². The van der Waals surface area contributed by atoms with E-state index in [1.54, 1.807) is 13.4 Å². The van der Waals surface area contributed by atoms with E-state index >= 15 is 0 Å². The maximum atomic E-state index is 5.79. The highest BCUT2D eigenvalue weighted by molar-refractivity contribution is 9.10. The Kier molecular flexibility index (Phi) is 4.25. The highest BCUT2D eigenvalue weighted by Crippen LogP contribution is 2.39. The van der Waals surface area contributed by atoms with E-state index in [-0.39, 0.29) is 11.6 Å². The van der Waals surface area contributed by atoms with Crippen molar-refractivity contribution in [2.45, 2.75) is 24.5 Å².